The molecule has 3 rings (SSSR count). The van der Waals surface area contributed by atoms with Gasteiger partial charge in [-0.3, -0.25) is 25.3 Å². The van der Waals surface area contributed by atoms with Gasteiger partial charge in [0, 0.05) is 10.9 Å². The lowest BCUT2D eigenvalue weighted by Crippen LogP contribution is -2.41. The second-order valence-electron chi connectivity index (χ2n) is 6.43. The van der Waals surface area contributed by atoms with Crippen LogP contribution in [0.1, 0.15) is 46.2 Å². The Morgan fingerprint density at radius 1 is 1.13 bits per heavy atom. The van der Waals surface area contributed by atoms with E-state index in [0.717, 1.165) is 18.8 Å². The van der Waals surface area contributed by atoms with Crippen molar-refractivity contribution in [2.75, 3.05) is 13.1 Å². The fourth-order valence-electron chi connectivity index (χ4n) is 2.69. The highest BCUT2D eigenvalue weighted by Gasteiger charge is 2.14. The molecular formula is C21H24N4O4S. The van der Waals surface area contributed by atoms with E-state index in [9.17, 15) is 9.59 Å². The minimum absolute atomic E-state index is 0.137. The van der Waals surface area contributed by atoms with Crippen molar-refractivity contribution in [3.05, 3.63) is 70.1 Å². The van der Waals surface area contributed by atoms with Crippen molar-refractivity contribution < 1.29 is 18.7 Å². The number of hydrogen-bond donors (Lipinski definition) is 2. The van der Waals surface area contributed by atoms with Gasteiger partial charge in [0.2, 0.25) is 0 Å². The van der Waals surface area contributed by atoms with Gasteiger partial charge in [-0.15, -0.1) is 11.3 Å². The quantitative estimate of drug-likeness (QED) is 0.508. The third-order valence-corrected chi connectivity index (χ3v) is 5.05. The number of furan rings is 1. The SMILES string of the molecule is CCN(CC)Cc1ccc(C(=O)NNC(=O)c2cccc(OCc3cscn3)c2)o1. The first-order valence-electron chi connectivity index (χ1n) is 9.60. The molecule has 2 aromatic heterocycles. The van der Waals surface area contributed by atoms with Gasteiger partial charge in [0.05, 0.1) is 17.7 Å². The molecule has 0 radical (unpaired) electrons. The smallest absolute Gasteiger partial charge is 0.305 e. The summed E-state index contributed by atoms with van der Waals surface area (Å²) in [5, 5.41) is 1.90. The number of benzene rings is 1. The number of hydrogen-bond acceptors (Lipinski definition) is 7. The molecule has 0 fully saturated rings. The lowest BCUT2D eigenvalue weighted by Gasteiger charge is -2.15. The number of rotatable bonds is 9. The maximum absolute atomic E-state index is 12.4. The van der Waals surface area contributed by atoms with Crippen molar-refractivity contribution in [3.8, 4) is 5.75 Å². The second kappa shape index (κ2) is 10.6. The summed E-state index contributed by atoms with van der Waals surface area (Å²) in [6.45, 7) is 6.85. The average molecular weight is 429 g/mol. The largest absolute Gasteiger partial charge is 0.487 e. The standard InChI is InChI=1S/C21H24N4O4S/c1-3-25(4-2)11-18-8-9-19(29-18)21(27)24-23-20(26)15-6-5-7-17(10-15)28-12-16-13-30-14-22-16/h5-10,13-14H,3-4,11-12H2,1-2H3,(H,23,26)(H,24,27). The van der Waals surface area contributed by atoms with Crippen molar-refractivity contribution in [1.82, 2.24) is 20.7 Å². The summed E-state index contributed by atoms with van der Waals surface area (Å²) in [7, 11) is 0. The zero-order chi connectivity index (χ0) is 21.3. The number of carbonyl (C=O) groups is 2. The van der Waals surface area contributed by atoms with E-state index in [-0.39, 0.29) is 5.76 Å². The van der Waals surface area contributed by atoms with Gasteiger partial charge < -0.3 is 9.15 Å². The Hall–Kier alpha value is -3.17. The molecule has 0 spiro atoms. The number of nitrogens with zero attached hydrogens (tertiary/aromatic N) is 2. The summed E-state index contributed by atoms with van der Waals surface area (Å²) in [4.78, 5) is 30.9. The molecule has 0 bridgehead atoms. The van der Waals surface area contributed by atoms with Gasteiger partial charge in [-0.25, -0.2) is 4.98 Å². The minimum Gasteiger partial charge on any atom is -0.487 e. The molecule has 2 amide bonds. The molecule has 0 saturated carbocycles. The summed E-state index contributed by atoms with van der Waals surface area (Å²) in [6, 6.07) is 10.0. The number of carbonyl (C=O) groups excluding carboxylic acids is 2. The maximum atomic E-state index is 12.4. The Bertz CT molecular complexity index is 967. The number of aromatic nitrogens is 1. The molecule has 3 aromatic rings. The molecule has 0 aliphatic carbocycles. The van der Waals surface area contributed by atoms with E-state index in [0.29, 0.717) is 30.2 Å². The highest BCUT2D eigenvalue weighted by atomic mass is 32.1. The van der Waals surface area contributed by atoms with Crippen LogP contribution in [-0.4, -0.2) is 34.8 Å². The Balaban J connectivity index is 1.52. The highest BCUT2D eigenvalue weighted by molar-refractivity contribution is 7.07. The van der Waals surface area contributed by atoms with Crippen molar-refractivity contribution >= 4 is 23.2 Å². The molecule has 158 valence electrons. The second-order valence-corrected chi connectivity index (χ2v) is 7.15. The third-order valence-electron chi connectivity index (χ3n) is 4.42. The first kappa shape index (κ1) is 21.5. The number of thiazole rings is 1. The molecule has 0 aliphatic heterocycles. The van der Waals surface area contributed by atoms with Gasteiger partial charge in [-0.2, -0.15) is 0 Å². The van der Waals surface area contributed by atoms with Crippen LogP contribution >= 0.6 is 11.3 Å². The molecule has 2 heterocycles. The lowest BCUT2D eigenvalue weighted by molar-refractivity contribution is 0.0828. The zero-order valence-electron chi connectivity index (χ0n) is 16.9. The molecule has 0 aliphatic rings. The van der Waals surface area contributed by atoms with Crippen LogP contribution in [0.2, 0.25) is 0 Å². The van der Waals surface area contributed by atoms with Crippen LogP contribution < -0.4 is 15.6 Å². The molecule has 2 N–H and O–H groups in total. The molecular weight excluding hydrogens is 404 g/mol. The molecule has 0 saturated heterocycles. The Morgan fingerprint density at radius 3 is 2.67 bits per heavy atom. The zero-order valence-corrected chi connectivity index (χ0v) is 17.7. The number of amides is 2. The Labute approximate surface area is 178 Å². The van der Waals surface area contributed by atoms with Crippen LogP contribution in [-0.2, 0) is 13.2 Å². The summed E-state index contributed by atoms with van der Waals surface area (Å²) >= 11 is 1.49. The minimum atomic E-state index is -0.523. The molecule has 30 heavy (non-hydrogen) atoms. The first-order chi connectivity index (χ1) is 14.6. The van der Waals surface area contributed by atoms with Gasteiger partial charge >= 0.3 is 5.91 Å². The molecule has 8 nitrogen and oxygen atoms in total. The van der Waals surface area contributed by atoms with E-state index in [4.69, 9.17) is 9.15 Å². The number of ether oxygens (including phenoxy) is 1. The predicted octanol–water partition coefficient (Wildman–Crippen LogP) is 3.23. The van der Waals surface area contributed by atoms with Gasteiger partial charge in [0.15, 0.2) is 5.76 Å². The number of nitrogens with one attached hydrogen (secondary N) is 2. The third kappa shape index (κ3) is 5.91. The van der Waals surface area contributed by atoms with Crippen LogP contribution in [0.5, 0.6) is 5.75 Å². The van der Waals surface area contributed by atoms with Crippen LogP contribution in [0.3, 0.4) is 0 Å². The van der Waals surface area contributed by atoms with E-state index in [2.05, 4.69) is 34.6 Å². The predicted molar refractivity (Wildman–Crippen MR) is 113 cm³/mol. The normalized spacial score (nSPS) is 10.8. The molecule has 0 atom stereocenters. The summed E-state index contributed by atoms with van der Waals surface area (Å²) < 4.78 is 11.2. The van der Waals surface area contributed by atoms with E-state index < -0.39 is 11.8 Å². The summed E-state index contributed by atoms with van der Waals surface area (Å²) in [5.41, 5.74) is 7.67. The van der Waals surface area contributed by atoms with E-state index in [1.54, 1.807) is 41.9 Å². The van der Waals surface area contributed by atoms with Gasteiger partial charge in [-0.1, -0.05) is 19.9 Å². The monoisotopic (exact) mass is 428 g/mol. The van der Waals surface area contributed by atoms with E-state index in [1.165, 1.54) is 11.3 Å². The first-order valence-corrected chi connectivity index (χ1v) is 10.5. The van der Waals surface area contributed by atoms with Crippen molar-refractivity contribution in [1.29, 1.82) is 0 Å². The molecule has 9 heteroatoms. The van der Waals surface area contributed by atoms with Crippen molar-refractivity contribution in [2.45, 2.75) is 27.0 Å². The van der Waals surface area contributed by atoms with Gasteiger partial charge in [0.25, 0.3) is 5.91 Å². The average Bonchev–Trinajstić information content (AvgIpc) is 3.46. The lowest BCUT2D eigenvalue weighted by atomic mass is 10.2. The van der Waals surface area contributed by atoms with Crippen molar-refractivity contribution in [2.24, 2.45) is 0 Å². The Morgan fingerprint density at radius 2 is 1.93 bits per heavy atom. The number of hydrazine groups is 1. The fraction of sp³-hybridized carbons (Fsp3) is 0.286. The molecule has 1 aromatic carbocycles. The van der Waals surface area contributed by atoms with Crippen LogP contribution in [0.4, 0.5) is 0 Å². The van der Waals surface area contributed by atoms with Gasteiger partial charge in [0.1, 0.15) is 18.1 Å². The summed E-state index contributed by atoms with van der Waals surface area (Å²) in [5.74, 6) is 0.384. The van der Waals surface area contributed by atoms with Crippen molar-refractivity contribution in [3.63, 3.8) is 0 Å². The topological polar surface area (TPSA) is 96.7 Å². The molecule has 0 unspecified atom stereocenters. The van der Waals surface area contributed by atoms with E-state index >= 15 is 0 Å². The highest BCUT2D eigenvalue weighted by Crippen LogP contribution is 2.15. The van der Waals surface area contributed by atoms with E-state index in [1.807, 2.05) is 5.38 Å². The summed E-state index contributed by atoms with van der Waals surface area (Å²) in [6.07, 6.45) is 0. The van der Waals surface area contributed by atoms with Crippen LogP contribution in [0, 0.1) is 0 Å². The van der Waals surface area contributed by atoms with Crippen LogP contribution in [0.25, 0.3) is 0 Å². The Kier molecular flexibility index (Phi) is 7.58. The van der Waals surface area contributed by atoms with Crippen LogP contribution in [0.15, 0.2) is 51.7 Å². The maximum Gasteiger partial charge on any atom is 0.305 e. The fourth-order valence-corrected chi connectivity index (χ4v) is 3.24. The van der Waals surface area contributed by atoms with Gasteiger partial charge in [-0.05, 0) is 43.4 Å².